The summed E-state index contributed by atoms with van der Waals surface area (Å²) in [5.74, 6) is -0.524. The highest BCUT2D eigenvalue weighted by molar-refractivity contribution is 5.95. The molecule has 2 amide bonds. The molecule has 0 heterocycles. The molecule has 0 spiro atoms. The maximum Gasteiger partial charge on any atom is 0.276 e. The van der Waals surface area contributed by atoms with Crippen LogP contribution in [-0.4, -0.2) is 23.3 Å². The number of non-ortho nitro benzene ring substituents is 1. The van der Waals surface area contributed by atoms with E-state index in [-0.39, 0.29) is 23.3 Å². The summed E-state index contributed by atoms with van der Waals surface area (Å²) < 4.78 is 5.57. The smallest absolute Gasteiger partial charge is 0.276 e. The maximum absolute atomic E-state index is 12.0. The number of para-hydroxylation sites is 1. The lowest BCUT2D eigenvalue weighted by atomic mass is 9.86. The number of nitro groups is 1. The molecule has 0 aliphatic rings. The van der Waals surface area contributed by atoms with Gasteiger partial charge in [-0.25, -0.2) is 0 Å². The lowest BCUT2D eigenvalue weighted by Gasteiger charge is -2.22. The van der Waals surface area contributed by atoms with E-state index in [2.05, 4.69) is 10.9 Å². The fraction of sp³-hybridized carbons (Fsp3) is 0.263. The average molecular weight is 371 g/mol. The van der Waals surface area contributed by atoms with Gasteiger partial charge in [0.1, 0.15) is 5.75 Å². The molecule has 0 aromatic heterocycles. The SMILES string of the molecule is CC(C)(C)c1ccccc1OCC(=O)NNC(=O)c1ccc([N+](=O)[O-])cc1. The van der Waals surface area contributed by atoms with Gasteiger partial charge in [-0.05, 0) is 29.2 Å². The Labute approximate surface area is 156 Å². The largest absolute Gasteiger partial charge is 0.483 e. The van der Waals surface area contributed by atoms with E-state index >= 15 is 0 Å². The van der Waals surface area contributed by atoms with E-state index in [0.717, 1.165) is 5.56 Å². The zero-order chi connectivity index (χ0) is 20.0. The van der Waals surface area contributed by atoms with Crippen LogP contribution in [0.4, 0.5) is 5.69 Å². The van der Waals surface area contributed by atoms with Crippen molar-refractivity contribution in [3.05, 3.63) is 69.8 Å². The fourth-order valence-electron chi connectivity index (χ4n) is 2.32. The van der Waals surface area contributed by atoms with E-state index in [4.69, 9.17) is 4.74 Å². The summed E-state index contributed by atoms with van der Waals surface area (Å²) in [6.07, 6.45) is 0. The van der Waals surface area contributed by atoms with E-state index in [0.29, 0.717) is 5.75 Å². The van der Waals surface area contributed by atoms with Gasteiger partial charge in [-0.1, -0.05) is 39.0 Å². The third-order valence-corrected chi connectivity index (χ3v) is 3.71. The third-order valence-electron chi connectivity index (χ3n) is 3.71. The first kappa shape index (κ1) is 19.9. The van der Waals surface area contributed by atoms with E-state index in [1.54, 1.807) is 6.07 Å². The van der Waals surface area contributed by atoms with Crippen LogP contribution < -0.4 is 15.6 Å². The molecule has 8 nitrogen and oxygen atoms in total. The molecule has 0 saturated carbocycles. The van der Waals surface area contributed by atoms with Crippen molar-refractivity contribution in [2.24, 2.45) is 0 Å². The minimum absolute atomic E-state index is 0.124. The summed E-state index contributed by atoms with van der Waals surface area (Å²) >= 11 is 0. The fourth-order valence-corrected chi connectivity index (χ4v) is 2.32. The van der Waals surface area contributed by atoms with Crippen LogP contribution in [0.25, 0.3) is 0 Å². The zero-order valence-corrected chi connectivity index (χ0v) is 15.3. The standard InChI is InChI=1S/C19H21N3O5/c1-19(2,3)15-6-4-5-7-16(15)27-12-17(23)20-21-18(24)13-8-10-14(11-9-13)22(25)26/h4-11H,12H2,1-3H3,(H,20,23)(H,21,24). The Bertz CT molecular complexity index is 841. The number of rotatable bonds is 5. The second-order valence-corrected chi connectivity index (χ2v) is 6.84. The second-order valence-electron chi connectivity index (χ2n) is 6.84. The van der Waals surface area contributed by atoms with Crippen LogP contribution in [0, 0.1) is 10.1 Å². The van der Waals surface area contributed by atoms with Gasteiger partial charge in [0.25, 0.3) is 17.5 Å². The number of benzene rings is 2. The number of carbonyl (C=O) groups excluding carboxylic acids is 2. The first-order chi connectivity index (χ1) is 12.7. The van der Waals surface area contributed by atoms with Gasteiger partial charge in [0.15, 0.2) is 6.61 Å². The molecule has 0 aliphatic carbocycles. The molecule has 0 radical (unpaired) electrons. The predicted octanol–water partition coefficient (Wildman–Crippen LogP) is 2.73. The van der Waals surface area contributed by atoms with Crippen molar-refractivity contribution in [2.45, 2.75) is 26.2 Å². The minimum atomic E-state index is -0.590. The van der Waals surface area contributed by atoms with E-state index in [1.807, 2.05) is 39.0 Å². The van der Waals surface area contributed by atoms with Crippen molar-refractivity contribution in [2.75, 3.05) is 6.61 Å². The Balaban J connectivity index is 1.88. The highest BCUT2D eigenvalue weighted by atomic mass is 16.6. The molecule has 0 atom stereocenters. The van der Waals surface area contributed by atoms with Crippen molar-refractivity contribution < 1.29 is 19.2 Å². The predicted molar refractivity (Wildman–Crippen MR) is 99.3 cm³/mol. The van der Waals surface area contributed by atoms with Gasteiger partial charge in [0.05, 0.1) is 4.92 Å². The van der Waals surface area contributed by atoms with Crippen LogP contribution in [0.1, 0.15) is 36.7 Å². The van der Waals surface area contributed by atoms with Gasteiger partial charge in [0, 0.05) is 17.7 Å². The number of ether oxygens (including phenoxy) is 1. The highest BCUT2D eigenvalue weighted by Crippen LogP contribution is 2.30. The van der Waals surface area contributed by atoms with Crippen molar-refractivity contribution in [1.29, 1.82) is 0 Å². The first-order valence-corrected chi connectivity index (χ1v) is 8.24. The summed E-state index contributed by atoms with van der Waals surface area (Å²) in [6.45, 7) is 5.85. The van der Waals surface area contributed by atoms with E-state index in [9.17, 15) is 19.7 Å². The van der Waals surface area contributed by atoms with Crippen LogP contribution in [0.2, 0.25) is 0 Å². The lowest BCUT2D eigenvalue weighted by Crippen LogP contribution is -2.43. The Hall–Kier alpha value is -3.42. The highest BCUT2D eigenvalue weighted by Gasteiger charge is 2.19. The summed E-state index contributed by atoms with van der Waals surface area (Å²) in [7, 11) is 0. The summed E-state index contributed by atoms with van der Waals surface area (Å²) in [6, 6.07) is 12.5. The molecule has 2 aromatic carbocycles. The number of hydrazine groups is 1. The molecular weight excluding hydrogens is 350 g/mol. The molecule has 142 valence electrons. The Morgan fingerprint density at radius 2 is 1.67 bits per heavy atom. The van der Waals surface area contributed by atoms with E-state index < -0.39 is 16.7 Å². The molecule has 27 heavy (non-hydrogen) atoms. The van der Waals surface area contributed by atoms with Crippen LogP contribution >= 0.6 is 0 Å². The van der Waals surface area contributed by atoms with Gasteiger partial charge < -0.3 is 4.74 Å². The van der Waals surface area contributed by atoms with E-state index in [1.165, 1.54) is 24.3 Å². The average Bonchev–Trinajstić information content (AvgIpc) is 2.64. The number of nitro benzene ring substituents is 1. The topological polar surface area (TPSA) is 111 Å². The first-order valence-electron chi connectivity index (χ1n) is 8.24. The number of nitrogens with zero attached hydrogens (tertiary/aromatic N) is 1. The van der Waals surface area contributed by atoms with Crippen molar-refractivity contribution in [3.8, 4) is 5.75 Å². The molecular formula is C19H21N3O5. The second kappa shape index (κ2) is 8.31. The van der Waals surface area contributed by atoms with Gasteiger partial charge in [-0.3, -0.25) is 30.6 Å². The minimum Gasteiger partial charge on any atom is -0.483 e. The van der Waals surface area contributed by atoms with Crippen molar-refractivity contribution >= 4 is 17.5 Å². The van der Waals surface area contributed by atoms with Crippen LogP contribution in [0.5, 0.6) is 5.75 Å². The molecule has 0 saturated heterocycles. The molecule has 2 N–H and O–H groups in total. The van der Waals surface area contributed by atoms with Crippen LogP contribution in [0.3, 0.4) is 0 Å². The van der Waals surface area contributed by atoms with Crippen LogP contribution in [-0.2, 0) is 10.2 Å². The van der Waals surface area contributed by atoms with Gasteiger partial charge in [-0.15, -0.1) is 0 Å². The lowest BCUT2D eigenvalue weighted by molar-refractivity contribution is -0.384. The molecule has 2 aromatic rings. The number of nitrogens with one attached hydrogen (secondary N) is 2. The Kier molecular flexibility index (Phi) is 6.12. The summed E-state index contributed by atoms with van der Waals surface area (Å²) in [5, 5.41) is 10.6. The maximum atomic E-state index is 12.0. The normalized spacial score (nSPS) is 10.8. The van der Waals surface area contributed by atoms with Gasteiger partial charge >= 0.3 is 0 Å². The third kappa shape index (κ3) is 5.53. The molecule has 0 fully saturated rings. The number of amides is 2. The van der Waals surface area contributed by atoms with Gasteiger partial charge in [0.2, 0.25) is 0 Å². The summed E-state index contributed by atoms with van der Waals surface area (Å²) in [5.41, 5.74) is 5.37. The number of hydrogen-bond acceptors (Lipinski definition) is 5. The molecule has 8 heteroatoms. The van der Waals surface area contributed by atoms with Crippen molar-refractivity contribution in [1.82, 2.24) is 10.9 Å². The quantitative estimate of drug-likeness (QED) is 0.620. The molecule has 2 rings (SSSR count). The van der Waals surface area contributed by atoms with Crippen molar-refractivity contribution in [3.63, 3.8) is 0 Å². The Morgan fingerprint density at radius 3 is 2.26 bits per heavy atom. The molecule has 0 unspecified atom stereocenters. The number of hydrogen-bond donors (Lipinski definition) is 2. The van der Waals surface area contributed by atoms with Gasteiger partial charge in [-0.2, -0.15) is 0 Å². The molecule has 0 bridgehead atoms. The number of carbonyl (C=O) groups is 2. The Morgan fingerprint density at radius 1 is 1.04 bits per heavy atom. The molecule has 0 aliphatic heterocycles. The van der Waals surface area contributed by atoms with Crippen LogP contribution in [0.15, 0.2) is 48.5 Å². The zero-order valence-electron chi connectivity index (χ0n) is 15.3. The summed E-state index contributed by atoms with van der Waals surface area (Å²) in [4.78, 5) is 33.9. The monoisotopic (exact) mass is 371 g/mol.